The maximum Gasteiger partial charge on any atom is 0.490 e. The number of alkyl halides is 3. The van der Waals surface area contributed by atoms with Crippen LogP contribution in [-0.4, -0.2) is 60.5 Å². The number of carboxylic acids is 2. The lowest BCUT2D eigenvalue weighted by molar-refractivity contribution is -0.192. The number of halogens is 3. The number of nitrogens with one attached hydrogen (secondary N) is 1. The lowest BCUT2D eigenvalue weighted by Crippen LogP contribution is -2.29. The first kappa shape index (κ1) is 23.4. The van der Waals surface area contributed by atoms with E-state index in [2.05, 4.69) is 20.3 Å². The monoisotopic (exact) mass is 454 g/mol. The number of aryl methyl sites for hydroxylation is 1. The average molecular weight is 454 g/mol. The van der Waals surface area contributed by atoms with E-state index in [0.717, 1.165) is 30.5 Å². The van der Waals surface area contributed by atoms with Crippen molar-refractivity contribution in [2.45, 2.75) is 50.4 Å². The van der Waals surface area contributed by atoms with Gasteiger partial charge in [0.05, 0.1) is 18.1 Å². The third kappa shape index (κ3) is 5.49. The number of aromatic nitrogens is 3. The molecule has 9 nitrogen and oxygen atoms in total. The van der Waals surface area contributed by atoms with Gasteiger partial charge >= 0.3 is 18.1 Å². The Morgan fingerprint density at radius 1 is 1.09 bits per heavy atom. The van der Waals surface area contributed by atoms with Crippen LogP contribution < -0.4 is 5.32 Å². The van der Waals surface area contributed by atoms with E-state index in [1.165, 1.54) is 0 Å². The summed E-state index contributed by atoms with van der Waals surface area (Å²) in [4.78, 5) is 33.7. The highest BCUT2D eigenvalue weighted by molar-refractivity contribution is 5.73. The van der Waals surface area contributed by atoms with Crippen molar-refractivity contribution in [2.24, 2.45) is 5.92 Å². The van der Waals surface area contributed by atoms with Crippen LogP contribution in [0.5, 0.6) is 0 Å². The predicted octanol–water partition coefficient (Wildman–Crippen LogP) is 2.30. The number of carboxylic acid groups (broad SMARTS) is 2. The third-order valence-corrected chi connectivity index (χ3v) is 5.27. The van der Waals surface area contributed by atoms with E-state index in [9.17, 15) is 28.2 Å². The van der Waals surface area contributed by atoms with Gasteiger partial charge in [-0.2, -0.15) is 13.2 Å². The number of pyridine rings is 1. The van der Waals surface area contributed by atoms with Crippen LogP contribution in [0.3, 0.4) is 0 Å². The Kier molecular flexibility index (Phi) is 6.92. The van der Waals surface area contributed by atoms with Crippen LogP contribution in [0.4, 0.5) is 19.0 Å². The number of carbonyl (C=O) groups is 2. The fraction of sp³-hybridized carbons (Fsp3) is 0.450. The number of rotatable bonds is 4. The van der Waals surface area contributed by atoms with Gasteiger partial charge in [-0.05, 0) is 44.2 Å². The zero-order chi connectivity index (χ0) is 23.5. The molecule has 0 spiro atoms. The SMILES string of the molecule is O=C(O)C(F)(F)F.O=C(O)C1CC(O)C(Nc2nc(-c3ccccn3)nc3c2CCC3)C1. The molecule has 4 rings (SSSR count). The zero-order valence-electron chi connectivity index (χ0n) is 16.7. The number of aliphatic hydroxyl groups excluding tert-OH is 1. The van der Waals surface area contributed by atoms with Gasteiger partial charge in [0, 0.05) is 17.5 Å². The number of nitrogens with zero attached hydrogens (tertiary/aromatic N) is 3. The van der Waals surface area contributed by atoms with Gasteiger partial charge in [0.2, 0.25) is 0 Å². The van der Waals surface area contributed by atoms with E-state index in [4.69, 9.17) is 9.90 Å². The van der Waals surface area contributed by atoms with E-state index in [1.807, 2.05) is 18.2 Å². The summed E-state index contributed by atoms with van der Waals surface area (Å²) < 4.78 is 31.7. The molecular formula is C20H21F3N4O5. The van der Waals surface area contributed by atoms with Gasteiger partial charge < -0.3 is 20.6 Å². The molecule has 2 aliphatic rings. The molecule has 0 saturated heterocycles. The Bertz CT molecular complexity index is 987. The summed E-state index contributed by atoms with van der Waals surface area (Å²) in [6, 6.07) is 5.30. The summed E-state index contributed by atoms with van der Waals surface area (Å²) in [6.07, 6.45) is -0.581. The fourth-order valence-electron chi connectivity index (χ4n) is 3.71. The van der Waals surface area contributed by atoms with Crippen LogP contribution in [0.2, 0.25) is 0 Å². The molecule has 172 valence electrons. The molecule has 0 bridgehead atoms. The Morgan fingerprint density at radius 3 is 2.38 bits per heavy atom. The second-order valence-corrected chi connectivity index (χ2v) is 7.52. The number of aliphatic hydroxyl groups is 1. The Morgan fingerprint density at radius 2 is 1.81 bits per heavy atom. The Hall–Kier alpha value is -3.28. The standard InChI is InChI=1S/C18H20N4O3.C2HF3O2/c23-15-9-10(18(24)25)8-14(15)21-16-11-4-3-6-12(11)20-17(22-16)13-5-1-2-7-19-13;3-2(4,5)1(6)7/h1-2,5,7,10,14-15,23H,3-4,6,8-9H2,(H,24,25)(H,20,21,22);(H,6,7). The topological polar surface area (TPSA) is 146 Å². The van der Waals surface area contributed by atoms with Crippen molar-refractivity contribution in [2.75, 3.05) is 5.32 Å². The van der Waals surface area contributed by atoms with Crippen LogP contribution in [0.15, 0.2) is 24.4 Å². The van der Waals surface area contributed by atoms with Gasteiger partial charge in [-0.15, -0.1) is 0 Å². The number of aliphatic carboxylic acids is 2. The molecule has 2 aromatic heterocycles. The quantitative estimate of drug-likeness (QED) is 0.547. The van der Waals surface area contributed by atoms with Crippen LogP contribution >= 0.6 is 0 Å². The minimum Gasteiger partial charge on any atom is -0.481 e. The van der Waals surface area contributed by atoms with Gasteiger partial charge in [0.15, 0.2) is 5.82 Å². The molecule has 12 heteroatoms. The summed E-state index contributed by atoms with van der Waals surface area (Å²) >= 11 is 0. The highest BCUT2D eigenvalue weighted by atomic mass is 19.4. The van der Waals surface area contributed by atoms with Crippen molar-refractivity contribution in [3.63, 3.8) is 0 Å². The van der Waals surface area contributed by atoms with Crippen LogP contribution in [0, 0.1) is 5.92 Å². The highest BCUT2D eigenvalue weighted by Crippen LogP contribution is 2.33. The molecule has 0 amide bonds. The number of hydrogen-bond donors (Lipinski definition) is 4. The lowest BCUT2D eigenvalue weighted by Gasteiger charge is -2.19. The van der Waals surface area contributed by atoms with E-state index in [0.29, 0.717) is 23.8 Å². The molecule has 0 radical (unpaired) electrons. The summed E-state index contributed by atoms with van der Waals surface area (Å²) in [6.45, 7) is 0. The largest absolute Gasteiger partial charge is 0.490 e. The third-order valence-electron chi connectivity index (χ3n) is 5.27. The number of fused-ring (bicyclic) bond motifs is 1. The van der Waals surface area contributed by atoms with Crippen molar-refractivity contribution < 1.29 is 38.1 Å². The van der Waals surface area contributed by atoms with E-state index in [1.54, 1.807) is 6.20 Å². The predicted molar refractivity (Wildman–Crippen MR) is 105 cm³/mol. The molecule has 3 atom stereocenters. The van der Waals surface area contributed by atoms with Gasteiger partial charge in [-0.1, -0.05) is 6.07 Å². The van der Waals surface area contributed by atoms with Crippen LogP contribution in [0.1, 0.15) is 30.5 Å². The van der Waals surface area contributed by atoms with Gasteiger partial charge in [-0.25, -0.2) is 14.8 Å². The molecule has 3 unspecified atom stereocenters. The van der Waals surface area contributed by atoms with Crippen molar-refractivity contribution >= 4 is 17.8 Å². The van der Waals surface area contributed by atoms with E-state index < -0.39 is 30.1 Å². The summed E-state index contributed by atoms with van der Waals surface area (Å²) in [5, 5.41) is 29.8. The summed E-state index contributed by atoms with van der Waals surface area (Å²) in [7, 11) is 0. The highest BCUT2D eigenvalue weighted by Gasteiger charge is 2.38. The number of anilines is 1. The summed E-state index contributed by atoms with van der Waals surface area (Å²) in [5.41, 5.74) is 2.79. The first-order valence-electron chi connectivity index (χ1n) is 9.85. The maximum absolute atomic E-state index is 11.2. The smallest absolute Gasteiger partial charge is 0.481 e. The lowest BCUT2D eigenvalue weighted by atomic mass is 10.1. The molecule has 4 N–H and O–H groups in total. The molecule has 32 heavy (non-hydrogen) atoms. The van der Waals surface area contributed by atoms with Crippen molar-refractivity contribution in [3.05, 3.63) is 35.7 Å². The molecule has 1 saturated carbocycles. The van der Waals surface area contributed by atoms with Crippen molar-refractivity contribution in [3.8, 4) is 11.5 Å². The second kappa shape index (κ2) is 9.47. The number of hydrogen-bond acceptors (Lipinski definition) is 7. The molecule has 0 aromatic carbocycles. The van der Waals surface area contributed by atoms with E-state index >= 15 is 0 Å². The first-order valence-corrected chi connectivity index (χ1v) is 9.85. The Labute approximate surface area is 180 Å². The normalized spacial score (nSPS) is 21.9. The minimum atomic E-state index is -5.08. The van der Waals surface area contributed by atoms with Crippen LogP contribution in [-0.2, 0) is 22.4 Å². The van der Waals surface area contributed by atoms with Gasteiger partial charge in [0.25, 0.3) is 0 Å². The zero-order valence-corrected chi connectivity index (χ0v) is 16.7. The van der Waals surface area contributed by atoms with Crippen molar-refractivity contribution in [1.29, 1.82) is 0 Å². The van der Waals surface area contributed by atoms with E-state index in [-0.39, 0.29) is 12.5 Å². The molecular weight excluding hydrogens is 433 g/mol. The molecule has 2 aromatic rings. The van der Waals surface area contributed by atoms with Crippen molar-refractivity contribution in [1.82, 2.24) is 15.0 Å². The molecule has 2 aliphatic carbocycles. The maximum atomic E-state index is 11.2. The summed E-state index contributed by atoms with van der Waals surface area (Å²) in [5.74, 6) is -2.86. The fourth-order valence-corrected chi connectivity index (χ4v) is 3.71. The first-order chi connectivity index (χ1) is 15.1. The van der Waals surface area contributed by atoms with Gasteiger partial charge in [0.1, 0.15) is 11.5 Å². The molecule has 1 fully saturated rings. The van der Waals surface area contributed by atoms with Crippen LogP contribution in [0.25, 0.3) is 11.5 Å². The molecule has 2 heterocycles. The second-order valence-electron chi connectivity index (χ2n) is 7.52. The Balaban J connectivity index is 0.000000360. The average Bonchev–Trinajstić information content (AvgIpc) is 3.35. The minimum absolute atomic E-state index is 0.271. The van der Waals surface area contributed by atoms with Gasteiger partial charge in [-0.3, -0.25) is 9.78 Å². The molecule has 0 aliphatic heterocycles.